The first-order valence-corrected chi connectivity index (χ1v) is 15.8. The van der Waals surface area contributed by atoms with Crippen LogP contribution in [0.25, 0.3) is 21.3 Å². The number of thiazole rings is 1. The third-order valence-electron chi connectivity index (χ3n) is 8.38. The number of aromatic amines is 1. The number of aromatic nitrogens is 2. The highest BCUT2D eigenvalue weighted by atomic mass is 32.1. The van der Waals surface area contributed by atoms with Crippen molar-refractivity contribution in [1.82, 2.24) is 35.1 Å². The number of fused-ring (bicyclic) bond motifs is 3. The Morgan fingerprint density at radius 3 is 2.76 bits per heavy atom. The molecule has 2 atom stereocenters. The molecule has 3 aromatic carbocycles. The molecule has 12 nitrogen and oxygen atoms in total. The number of hydrogen-bond acceptors (Lipinski definition) is 8. The van der Waals surface area contributed by atoms with Crippen LogP contribution in [0.15, 0.2) is 94.1 Å². The molecule has 13 heteroatoms. The van der Waals surface area contributed by atoms with Gasteiger partial charge in [0.2, 0.25) is 11.8 Å². The Balaban J connectivity index is 1.26. The van der Waals surface area contributed by atoms with E-state index in [2.05, 4.69) is 21.9 Å². The number of hydrogen-bond donors (Lipinski definition) is 2. The summed E-state index contributed by atoms with van der Waals surface area (Å²) in [5.41, 5.74) is 6.00. The van der Waals surface area contributed by atoms with Crippen LogP contribution in [0.1, 0.15) is 16.7 Å². The van der Waals surface area contributed by atoms with Gasteiger partial charge in [-0.25, -0.2) is 24.6 Å². The van der Waals surface area contributed by atoms with E-state index in [1.807, 2.05) is 48.5 Å². The fraction of sp³-hybridized carbons (Fsp3) is 0.242. The molecule has 2 N–H and O–H groups in total. The number of para-hydroxylation sites is 1. The molecular formula is C33H31N7O5S. The first kappa shape index (κ1) is 29.4. The van der Waals surface area contributed by atoms with Crippen molar-refractivity contribution < 1.29 is 18.8 Å². The third kappa shape index (κ3) is 5.54. The Morgan fingerprint density at radius 2 is 1.93 bits per heavy atom. The highest BCUT2D eigenvalue weighted by molar-refractivity contribution is 7.16. The van der Waals surface area contributed by atoms with E-state index in [1.54, 1.807) is 49.6 Å². The summed E-state index contributed by atoms with van der Waals surface area (Å²) in [6.45, 7) is 4.64. The molecule has 234 valence electrons. The highest BCUT2D eigenvalue weighted by Gasteiger charge is 2.51. The average molecular weight is 638 g/mol. The Hall–Kier alpha value is -5.27. The molecule has 7 rings (SSSR count). The number of benzene rings is 3. The molecular weight excluding hydrogens is 606 g/mol. The van der Waals surface area contributed by atoms with E-state index in [9.17, 15) is 19.2 Å². The number of piperazine rings is 1. The van der Waals surface area contributed by atoms with Gasteiger partial charge in [0.05, 0.1) is 34.3 Å². The Labute approximate surface area is 267 Å². The van der Waals surface area contributed by atoms with E-state index in [-0.39, 0.29) is 44.4 Å². The first-order valence-electron chi connectivity index (χ1n) is 14.9. The zero-order valence-corrected chi connectivity index (χ0v) is 25.6. The molecule has 5 aromatic rings. The van der Waals surface area contributed by atoms with Gasteiger partial charge in [-0.05, 0) is 34.9 Å². The maximum Gasteiger partial charge on any atom is 0.417 e. The average Bonchev–Trinajstić information content (AvgIpc) is 3.68. The fourth-order valence-electron chi connectivity index (χ4n) is 6.32. The summed E-state index contributed by atoms with van der Waals surface area (Å²) in [7, 11) is 0. The van der Waals surface area contributed by atoms with Gasteiger partial charge in [-0.2, -0.15) is 0 Å². The minimum atomic E-state index is -0.917. The molecule has 2 aromatic heterocycles. The fourth-order valence-corrected chi connectivity index (χ4v) is 7.04. The maximum atomic E-state index is 14.4. The largest absolute Gasteiger partial charge is 0.417 e. The molecule has 2 aliphatic heterocycles. The maximum absolute atomic E-state index is 14.4. The number of carbonyl (C=O) groups excluding carboxylic acids is 3. The summed E-state index contributed by atoms with van der Waals surface area (Å²) in [6, 6.07) is 19.3. The second kappa shape index (κ2) is 12.3. The monoisotopic (exact) mass is 637 g/mol. The van der Waals surface area contributed by atoms with E-state index in [4.69, 9.17) is 4.42 Å². The summed E-state index contributed by atoms with van der Waals surface area (Å²) < 4.78 is 6.28. The summed E-state index contributed by atoms with van der Waals surface area (Å²) in [4.78, 5) is 64.4. The van der Waals surface area contributed by atoms with Crippen molar-refractivity contribution in [1.29, 1.82) is 0 Å². The minimum Gasteiger partial charge on any atom is -0.408 e. The van der Waals surface area contributed by atoms with E-state index in [0.717, 1.165) is 21.3 Å². The van der Waals surface area contributed by atoms with Crippen molar-refractivity contribution in [2.45, 2.75) is 31.7 Å². The second-order valence-corrected chi connectivity index (χ2v) is 12.2. The Morgan fingerprint density at radius 1 is 1.09 bits per heavy atom. The molecule has 4 amide bonds. The number of amides is 4. The number of H-pyrrole nitrogens is 1. The van der Waals surface area contributed by atoms with Crippen molar-refractivity contribution in [3.63, 3.8) is 0 Å². The lowest BCUT2D eigenvalue weighted by molar-refractivity contribution is -0.189. The number of carbonyl (C=O) groups is 3. The van der Waals surface area contributed by atoms with Crippen LogP contribution < -0.4 is 11.1 Å². The predicted octanol–water partition coefficient (Wildman–Crippen LogP) is 3.47. The molecule has 0 saturated carbocycles. The van der Waals surface area contributed by atoms with Crippen molar-refractivity contribution >= 4 is 50.5 Å². The lowest BCUT2D eigenvalue weighted by Crippen LogP contribution is -2.76. The van der Waals surface area contributed by atoms with Gasteiger partial charge in [-0.3, -0.25) is 14.6 Å². The molecule has 2 aliphatic rings. The molecule has 0 bridgehead atoms. The normalized spacial score (nSPS) is 18.7. The standard InChI is InChI=1S/C33H31N7O5S/c1-2-13-38-19-29(41)39-25(14-22-11-12-24-26(15-22)45-33(44)36-24)31(42)37(17-23-9-6-10-27-30(23)35-20-46-27)18-28(39)40(38)32(43)34-16-21-7-4-3-5-8-21/h2-12,15,20,25,28H,1,13-14,16-19H2,(H,34,43)(H,36,44)/t25-,28?/m0/s1. The first-order chi connectivity index (χ1) is 22.4. The number of nitrogens with one attached hydrogen (secondary N) is 2. The molecule has 1 unspecified atom stereocenters. The van der Waals surface area contributed by atoms with Crippen molar-refractivity contribution in [3.8, 4) is 0 Å². The lowest BCUT2D eigenvalue weighted by atomic mass is 9.98. The van der Waals surface area contributed by atoms with Crippen LogP contribution >= 0.6 is 11.3 Å². The number of oxazole rings is 1. The van der Waals surface area contributed by atoms with Gasteiger partial charge in [0, 0.05) is 26.1 Å². The second-order valence-electron chi connectivity index (χ2n) is 11.3. The topological polar surface area (TPSA) is 135 Å². The van der Waals surface area contributed by atoms with Crippen molar-refractivity contribution in [3.05, 3.63) is 112 Å². The van der Waals surface area contributed by atoms with Crippen LogP contribution in [0.5, 0.6) is 0 Å². The third-order valence-corrected chi connectivity index (χ3v) is 9.18. The Kier molecular flexibility index (Phi) is 7.84. The van der Waals surface area contributed by atoms with Crippen LogP contribution in [-0.2, 0) is 29.1 Å². The number of hydrazine groups is 1. The van der Waals surface area contributed by atoms with Crippen LogP contribution in [0.3, 0.4) is 0 Å². The SMILES string of the molecule is C=CCN1CC(=O)N2C(CN(Cc3cccc4scnc34)C(=O)[C@@H]2Cc2ccc3[nH]c(=O)oc3c2)N1C(=O)NCc1ccccc1. The molecule has 0 aliphatic carbocycles. The van der Waals surface area contributed by atoms with Gasteiger partial charge in [0.25, 0.3) is 0 Å². The van der Waals surface area contributed by atoms with Crippen LogP contribution in [0.4, 0.5) is 4.79 Å². The zero-order chi connectivity index (χ0) is 31.8. The van der Waals surface area contributed by atoms with Crippen LogP contribution in [-0.4, -0.2) is 79.5 Å². The summed E-state index contributed by atoms with van der Waals surface area (Å²) in [6.07, 6.45) is 1.01. The lowest BCUT2D eigenvalue weighted by Gasteiger charge is -2.55. The van der Waals surface area contributed by atoms with Gasteiger partial charge >= 0.3 is 11.8 Å². The highest BCUT2D eigenvalue weighted by Crippen LogP contribution is 2.31. The quantitative estimate of drug-likeness (QED) is 0.249. The van der Waals surface area contributed by atoms with Gasteiger partial charge in [-0.15, -0.1) is 17.9 Å². The number of rotatable bonds is 8. The molecule has 0 spiro atoms. The predicted molar refractivity (Wildman–Crippen MR) is 172 cm³/mol. The van der Waals surface area contributed by atoms with Gasteiger partial charge < -0.3 is 19.5 Å². The van der Waals surface area contributed by atoms with E-state index in [1.165, 1.54) is 11.3 Å². The molecule has 4 heterocycles. The van der Waals surface area contributed by atoms with Gasteiger partial charge in [-0.1, -0.05) is 54.6 Å². The molecule has 2 saturated heterocycles. The summed E-state index contributed by atoms with van der Waals surface area (Å²) >= 11 is 1.52. The zero-order valence-electron chi connectivity index (χ0n) is 24.8. The summed E-state index contributed by atoms with van der Waals surface area (Å²) in [5, 5.41) is 6.23. The van der Waals surface area contributed by atoms with E-state index < -0.39 is 24.0 Å². The number of urea groups is 1. The Bertz CT molecular complexity index is 2000. The van der Waals surface area contributed by atoms with Crippen LogP contribution in [0.2, 0.25) is 0 Å². The van der Waals surface area contributed by atoms with Gasteiger partial charge in [0.15, 0.2) is 5.58 Å². The van der Waals surface area contributed by atoms with E-state index >= 15 is 0 Å². The molecule has 0 radical (unpaired) electrons. The van der Waals surface area contributed by atoms with Gasteiger partial charge in [0.1, 0.15) is 12.2 Å². The van der Waals surface area contributed by atoms with Crippen LogP contribution in [0, 0.1) is 0 Å². The number of nitrogens with zero attached hydrogens (tertiary/aromatic N) is 5. The minimum absolute atomic E-state index is 0.0969. The van der Waals surface area contributed by atoms with E-state index in [0.29, 0.717) is 23.2 Å². The smallest absolute Gasteiger partial charge is 0.408 e. The van der Waals surface area contributed by atoms with Crippen molar-refractivity contribution in [2.24, 2.45) is 0 Å². The molecule has 2 fully saturated rings. The summed E-state index contributed by atoms with van der Waals surface area (Å²) in [5.74, 6) is -1.09. The molecule has 46 heavy (non-hydrogen) atoms. The van der Waals surface area contributed by atoms with Crippen molar-refractivity contribution in [2.75, 3.05) is 19.6 Å².